The number of halogens is 2. The van der Waals surface area contributed by atoms with Crippen LogP contribution in [-0.2, 0) is 19.1 Å². The lowest BCUT2D eigenvalue weighted by atomic mass is 9.87. The second-order valence-corrected chi connectivity index (χ2v) is 7.21. The molecule has 0 spiro atoms. The van der Waals surface area contributed by atoms with Gasteiger partial charge in [-0.1, -0.05) is 0 Å². The minimum absolute atomic E-state index is 0.0603. The molecule has 2 rings (SSSR count). The maximum Gasteiger partial charge on any atom is 0.414 e. The van der Waals surface area contributed by atoms with Crippen molar-refractivity contribution < 1.29 is 32.6 Å². The van der Waals surface area contributed by atoms with Crippen LogP contribution in [-0.4, -0.2) is 44.3 Å². The molecule has 0 aromatic heterocycles. The number of ether oxygens (including phenoxy) is 2. The second kappa shape index (κ2) is 7.50. The van der Waals surface area contributed by atoms with Crippen molar-refractivity contribution in [2.75, 3.05) is 25.6 Å². The smallest absolute Gasteiger partial charge is 0.414 e. The molecule has 1 fully saturated rings. The Kier molecular flexibility index (Phi) is 5.72. The van der Waals surface area contributed by atoms with Gasteiger partial charge in [-0.3, -0.25) is 14.5 Å². The summed E-state index contributed by atoms with van der Waals surface area (Å²) < 4.78 is 39.1. The summed E-state index contributed by atoms with van der Waals surface area (Å²) in [6, 6.07) is 1.92. The number of rotatable bonds is 3. The molecule has 148 valence electrons. The fourth-order valence-electron chi connectivity index (χ4n) is 2.84. The number of nitrogens with one attached hydrogen (secondary N) is 1. The first-order chi connectivity index (χ1) is 12.5. The van der Waals surface area contributed by atoms with Gasteiger partial charge in [0.25, 0.3) is 0 Å². The zero-order chi connectivity index (χ0) is 20.5. The van der Waals surface area contributed by atoms with Crippen LogP contribution in [0.3, 0.4) is 0 Å². The summed E-state index contributed by atoms with van der Waals surface area (Å²) in [5.74, 6) is -5.87. The first-order valence-corrected chi connectivity index (χ1v) is 8.27. The van der Waals surface area contributed by atoms with E-state index in [2.05, 4.69) is 10.1 Å². The van der Waals surface area contributed by atoms with Crippen LogP contribution in [0.1, 0.15) is 32.3 Å². The van der Waals surface area contributed by atoms with Crippen molar-refractivity contribution >= 4 is 23.7 Å². The Morgan fingerprint density at radius 3 is 2.26 bits per heavy atom. The van der Waals surface area contributed by atoms with E-state index in [9.17, 15) is 23.2 Å². The third-order valence-corrected chi connectivity index (χ3v) is 4.13. The van der Waals surface area contributed by atoms with Crippen molar-refractivity contribution in [2.45, 2.75) is 32.3 Å². The number of anilines is 1. The summed E-state index contributed by atoms with van der Waals surface area (Å²) in [5, 5.41) is 2.41. The maximum atomic E-state index is 14.7. The first kappa shape index (κ1) is 20.6. The molecule has 0 bridgehead atoms. The molecule has 1 saturated heterocycles. The lowest BCUT2D eigenvalue weighted by molar-refractivity contribution is -0.149. The molecule has 1 heterocycles. The van der Waals surface area contributed by atoms with E-state index in [4.69, 9.17) is 4.74 Å². The molecule has 2 unspecified atom stereocenters. The molecule has 2 atom stereocenters. The Labute approximate surface area is 155 Å². The summed E-state index contributed by atoms with van der Waals surface area (Å²) in [6.07, 6.45) is -0.779. The van der Waals surface area contributed by atoms with Crippen molar-refractivity contribution in [3.8, 4) is 0 Å². The van der Waals surface area contributed by atoms with E-state index in [0.29, 0.717) is 0 Å². The first-order valence-electron chi connectivity index (χ1n) is 8.27. The Hall–Kier alpha value is -2.71. The second-order valence-electron chi connectivity index (χ2n) is 7.21. The molecule has 27 heavy (non-hydrogen) atoms. The van der Waals surface area contributed by atoms with Gasteiger partial charge in [0.05, 0.1) is 12.8 Å². The molecule has 0 radical (unpaired) electrons. The normalized spacial score (nSPS) is 19.4. The number of esters is 1. The minimum atomic E-state index is -1.34. The van der Waals surface area contributed by atoms with Gasteiger partial charge in [0.1, 0.15) is 23.2 Å². The molecule has 1 aromatic rings. The molecule has 7 nitrogen and oxygen atoms in total. The molecule has 1 aliphatic heterocycles. The fraction of sp³-hybridized carbons (Fsp3) is 0.500. The van der Waals surface area contributed by atoms with Crippen molar-refractivity contribution in [2.24, 2.45) is 5.92 Å². The zero-order valence-electron chi connectivity index (χ0n) is 15.8. The zero-order valence-corrected chi connectivity index (χ0v) is 15.8. The molecule has 1 aromatic carbocycles. The molecular weight excluding hydrogens is 362 g/mol. The number of carbonyl (C=O) groups is 3. The van der Waals surface area contributed by atoms with E-state index in [1.165, 1.54) is 7.05 Å². The lowest BCUT2D eigenvalue weighted by Gasteiger charge is -2.25. The van der Waals surface area contributed by atoms with E-state index < -0.39 is 52.6 Å². The third kappa shape index (κ3) is 4.35. The average molecular weight is 384 g/mol. The van der Waals surface area contributed by atoms with Gasteiger partial charge in [-0.15, -0.1) is 0 Å². The Morgan fingerprint density at radius 2 is 1.78 bits per heavy atom. The molecular formula is C18H22F2N2O5. The van der Waals surface area contributed by atoms with Gasteiger partial charge in [-0.25, -0.2) is 13.6 Å². The highest BCUT2D eigenvalue weighted by Crippen LogP contribution is 2.35. The van der Waals surface area contributed by atoms with E-state index in [-0.39, 0.29) is 12.2 Å². The van der Waals surface area contributed by atoms with Gasteiger partial charge in [-0.05, 0) is 32.9 Å². The van der Waals surface area contributed by atoms with Crippen LogP contribution < -0.4 is 10.2 Å². The van der Waals surface area contributed by atoms with Gasteiger partial charge >= 0.3 is 12.1 Å². The van der Waals surface area contributed by atoms with Crippen molar-refractivity contribution in [1.82, 2.24) is 5.32 Å². The lowest BCUT2D eigenvalue weighted by Crippen LogP contribution is -2.34. The number of hydrogen-bond donors (Lipinski definition) is 1. The number of nitrogens with zero attached hydrogens (tertiary/aromatic N) is 1. The van der Waals surface area contributed by atoms with Crippen molar-refractivity contribution in [3.63, 3.8) is 0 Å². The maximum absolute atomic E-state index is 14.7. The molecule has 0 aliphatic carbocycles. The molecule has 1 aliphatic rings. The predicted octanol–water partition coefficient (Wildman–Crippen LogP) is 2.34. The Morgan fingerprint density at radius 1 is 1.22 bits per heavy atom. The van der Waals surface area contributed by atoms with Crippen molar-refractivity contribution in [1.29, 1.82) is 0 Å². The highest BCUT2D eigenvalue weighted by Gasteiger charge is 2.44. The van der Waals surface area contributed by atoms with Crippen LogP contribution in [0.2, 0.25) is 0 Å². The van der Waals surface area contributed by atoms with Gasteiger partial charge in [0.2, 0.25) is 5.91 Å². The minimum Gasteiger partial charge on any atom is -0.468 e. The molecule has 0 saturated carbocycles. The average Bonchev–Trinajstić information content (AvgIpc) is 2.92. The van der Waals surface area contributed by atoms with Gasteiger partial charge in [-0.2, -0.15) is 0 Å². The third-order valence-electron chi connectivity index (χ3n) is 4.13. The molecule has 1 N–H and O–H groups in total. The van der Waals surface area contributed by atoms with Crippen LogP contribution in [0.15, 0.2) is 12.1 Å². The summed E-state index contributed by atoms with van der Waals surface area (Å²) in [7, 11) is 2.41. The number of amides is 2. The van der Waals surface area contributed by atoms with Crippen LogP contribution in [0.5, 0.6) is 0 Å². The van der Waals surface area contributed by atoms with E-state index >= 15 is 0 Å². The molecule has 9 heteroatoms. The Balaban J connectivity index is 2.36. The molecule has 2 amide bonds. The summed E-state index contributed by atoms with van der Waals surface area (Å²) in [4.78, 5) is 36.7. The van der Waals surface area contributed by atoms with Gasteiger partial charge in [0, 0.05) is 25.1 Å². The standard InChI is InChI=1S/C18H22F2N2O5/c1-18(2,3)27-17(25)22(4)9-6-11(19)13(12(20)7-9)10-8-21-15(23)14(10)16(24)26-5/h6-7,10,14H,8H2,1-5H3,(H,21,23). The Bertz CT molecular complexity index is 753. The number of methoxy groups -OCH3 is 1. The van der Waals surface area contributed by atoms with Crippen molar-refractivity contribution in [3.05, 3.63) is 29.3 Å². The quantitative estimate of drug-likeness (QED) is 0.639. The van der Waals surface area contributed by atoms with Gasteiger partial charge in [0.15, 0.2) is 0 Å². The van der Waals surface area contributed by atoms with Gasteiger partial charge < -0.3 is 14.8 Å². The van der Waals surface area contributed by atoms with Crippen LogP contribution in [0.25, 0.3) is 0 Å². The predicted molar refractivity (Wildman–Crippen MR) is 92.3 cm³/mol. The highest BCUT2D eigenvalue weighted by atomic mass is 19.1. The summed E-state index contributed by atoms with van der Waals surface area (Å²) in [6.45, 7) is 4.90. The van der Waals surface area contributed by atoms with E-state index in [0.717, 1.165) is 24.1 Å². The largest absolute Gasteiger partial charge is 0.468 e. The summed E-state index contributed by atoms with van der Waals surface area (Å²) in [5.41, 5.74) is -1.24. The van der Waals surface area contributed by atoms with E-state index in [1.54, 1.807) is 20.8 Å². The fourth-order valence-corrected chi connectivity index (χ4v) is 2.84. The monoisotopic (exact) mass is 384 g/mol. The SMILES string of the molecule is COC(=O)C1C(=O)NCC1c1c(F)cc(N(C)C(=O)OC(C)(C)C)cc1F. The number of benzene rings is 1. The highest BCUT2D eigenvalue weighted by molar-refractivity contribution is 6.00. The number of carbonyl (C=O) groups excluding carboxylic acids is 3. The van der Waals surface area contributed by atoms with E-state index in [1.807, 2.05) is 0 Å². The topological polar surface area (TPSA) is 84.9 Å². The van der Waals surface area contributed by atoms with Crippen LogP contribution >= 0.6 is 0 Å². The summed E-state index contributed by atoms with van der Waals surface area (Å²) >= 11 is 0. The number of hydrogen-bond acceptors (Lipinski definition) is 5. The van der Waals surface area contributed by atoms with Crippen LogP contribution in [0, 0.1) is 17.6 Å². The van der Waals surface area contributed by atoms with Crippen LogP contribution in [0.4, 0.5) is 19.3 Å².